The van der Waals surface area contributed by atoms with Crippen LogP contribution in [-0.4, -0.2) is 60.9 Å². The molecule has 1 aliphatic carbocycles. The molecule has 0 aromatic rings. The van der Waals surface area contributed by atoms with Crippen LogP contribution in [0.2, 0.25) is 0 Å². The van der Waals surface area contributed by atoms with Gasteiger partial charge in [0, 0.05) is 6.42 Å². The highest BCUT2D eigenvalue weighted by Crippen LogP contribution is 2.62. The van der Waals surface area contributed by atoms with Gasteiger partial charge in [-0.1, -0.05) is 6.92 Å². The van der Waals surface area contributed by atoms with E-state index in [1.165, 1.54) is 13.8 Å². The Hall–Kier alpha value is -1.97. The first-order valence-corrected chi connectivity index (χ1v) is 10.2. The molecule has 17 heteroatoms. The van der Waals surface area contributed by atoms with Crippen LogP contribution < -0.4 is 0 Å². The summed E-state index contributed by atoms with van der Waals surface area (Å²) in [6.45, 7) is 2.87. The van der Waals surface area contributed by atoms with Crippen LogP contribution in [0.1, 0.15) is 40.0 Å². The fraction of sp³-hybridized carbons (Fsp3) is 0.895. The number of ether oxygens (including phenoxy) is 2. The third-order valence-electron chi connectivity index (χ3n) is 5.94. The number of carbonyl (C=O) groups is 2. The van der Waals surface area contributed by atoms with Gasteiger partial charge in [0.25, 0.3) is 0 Å². The SMILES string of the molecule is CCOC(=O)C1(C(=O)OCC)C[C@H](CC(F)(F)C(F)(F)C(F)(F)C(F)(F)C(F)(F)C(F)(F)F)[C@H](C)C1. The molecule has 0 bridgehead atoms. The van der Waals surface area contributed by atoms with Crippen LogP contribution in [0.5, 0.6) is 0 Å². The number of halogens is 13. The molecule has 0 N–H and O–H groups in total. The molecular weight excluding hydrogens is 539 g/mol. The standard InChI is InChI=1S/C19H21F13O4/c1-4-35-11(33)13(12(34)36-5-2)6-9(3)10(7-13)8-14(20,21)15(22,23)16(24,25)17(26,27)18(28,29)19(30,31)32/h9-10H,4-8H2,1-3H3/t9-,10-/m1/s1. The second-order valence-electron chi connectivity index (χ2n) is 8.37. The Bertz CT molecular complexity index is 805. The molecule has 2 atom stereocenters. The molecule has 0 saturated heterocycles. The molecule has 0 unspecified atom stereocenters. The van der Waals surface area contributed by atoms with E-state index >= 15 is 0 Å². The minimum atomic E-state index is -7.99. The van der Waals surface area contributed by atoms with Gasteiger partial charge in [0.15, 0.2) is 5.41 Å². The summed E-state index contributed by atoms with van der Waals surface area (Å²) >= 11 is 0. The molecule has 212 valence electrons. The number of esters is 2. The van der Waals surface area contributed by atoms with Crippen LogP contribution >= 0.6 is 0 Å². The quantitative estimate of drug-likeness (QED) is 0.180. The van der Waals surface area contributed by atoms with E-state index in [1.54, 1.807) is 0 Å². The van der Waals surface area contributed by atoms with Gasteiger partial charge < -0.3 is 9.47 Å². The van der Waals surface area contributed by atoms with Crippen molar-refractivity contribution >= 4 is 11.9 Å². The van der Waals surface area contributed by atoms with Crippen LogP contribution in [0.3, 0.4) is 0 Å². The maximum Gasteiger partial charge on any atom is 0.460 e. The average molecular weight is 560 g/mol. The molecular formula is C19H21F13O4. The minimum Gasteiger partial charge on any atom is -0.465 e. The van der Waals surface area contributed by atoms with E-state index < -0.39 is 84.2 Å². The molecule has 4 nitrogen and oxygen atoms in total. The van der Waals surface area contributed by atoms with Crippen molar-refractivity contribution in [3.63, 3.8) is 0 Å². The van der Waals surface area contributed by atoms with Gasteiger partial charge in [-0.15, -0.1) is 0 Å². The highest BCUT2D eigenvalue weighted by atomic mass is 19.4. The maximum absolute atomic E-state index is 14.4. The maximum atomic E-state index is 14.4. The fourth-order valence-corrected chi connectivity index (χ4v) is 3.94. The van der Waals surface area contributed by atoms with Crippen molar-refractivity contribution in [3.05, 3.63) is 0 Å². The summed E-state index contributed by atoms with van der Waals surface area (Å²) in [5.41, 5.74) is -2.36. The molecule has 0 amide bonds. The van der Waals surface area contributed by atoms with Crippen LogP contribution in [0.4, 0.5) is 57.1 Å². The summed E-state index contributed by atoms with van der Waals surface area (Å²) in [5.74, 6) is -43.4. The van der Waals surface area contributed by atoms with Gasteiger partial charge in [0.1, 0.15) is 0 Å². The van der Waals surface area contributed by atoms with Crippen LogP contribution in [0.25, 0.3) is 0 Å². The zero-order valence-corrected chi connectivity index (χ0v) is 18.7. The second-order valence-corrected chi connectivity index (χ2v) is 8.37. The molecule has 0 radical (unpaired) electrons. The van der Waals surface area contributed by atoms with Crippen LogP contribution in [-0.2, 0) is 19.1 Å². The smallest absolute Gasteiger partial charge is 0.460 e. The molecule has 1 rings (SSSR count). The summed E-state index contributed by atoms with van der Waals surface area (Å²) in [4.78, 5) is 24.7. The van der Waals surface area contributed by atoms with E-state index in [0.717, 1.165) is 6.92 Å². The lowest BCUT2D eigenvalue weighted by atomic mass is 9.83. The summed E-state index contributed by atoms with van der Waals surface area (Å²) in [6.07, 6.45) is -11.7. The third kappa shape index (κ3) is 4.82. The van der Waals surface area contributed by atoms with Gasteiger partial charge in [-0.05, 0) is 38.5 Å². The Morgan fingerprint density at radius 2 is 1.08 bits per heavy atom. The van der Waals surface area contributed by atoms with Gasteiger partial charge in [-0.2, -0.15) is 57.1 Å². The number of alkyl halides is 13. The summed E-state index contributed by atoms with van der Waals surface area (Å²) in [6, 6.07) is 0. The lowest BCUT2D eigenvalue weighted by molar-refractivity contribution is -0.440. The van der Waals surface area contributed by atoms with Crippen molar-refractivity contribution in [1.82, 2.24) is 0 Å². The first-order valence-electron chi connectivity index (χ1n) is 10.2. The van der Waals surface area contributed by atoms with Gasteiger partial charge in [0.2, 0.25) is 0 Å². The summed E-state index contributed by atoms with van der Waals surface area (Å²) < 4.78 is 183. The molecule has 0 spiro atoms. The van der Waals surface area contributed by atoms with E-state index in [9.17, 15) is 66.7 Å². The molecule has 1 fully saturated rings. The largest absolute Gasteiger partial charge is 0.465 e. The summed E-state index contributed by atoms with van der Waals surface area (Å²) in [5, 5.41) is 0. The van der Waals surface area contributed by atoms with E-state index in [2.05, 4.69) is 9.47 Å². The first-order chi connectivity index (χ1) is 15.9. The average Bonchev–Trinajstić information content (AvgIpc) is 3.03. The summed E-state index contributed by atoms with van der Waals surface area (Å²) in [7, 11) is 0. The first kappa shape index (κ1) is 32.1. The van der Waals surface area contributed by atoms with Crippen molar-refractivity contribution in [2.24, 2.45) is 17.3 Å². The van der Waals surface area contributed by atoms with E-state index in [4.69, 9.17) is 0 Å². The zero-order valence-electron chi connectivity index (χ0n) is 18.7. The van der Waals surface area contributed by atoms with Crippen LogP contribution in [0, 0.1) is 17.3 Å². The van der Waals surface area contributed by atoms with E-state index in [-0.39, 0.29) is 13.2 Å². The predicted molar refractivity (Wildman–Crippen MR) is 93.0 cm³/mol. The predicted octanol–water partition coefficient (Wildman–Crippen LogP) is 6.27. The zero-order chi connectivity index (χ0) is 28.8. The van der Waals surface area contributed by atoms with Gasteiger partial charge >= 0.3 is 47.7 Å². The van der Waals surface area contributed by atoms with Crippen molar-refractivity contribution in [1.29, 1.82) is 0 Å². The molecule has 0 aliphatic heterocycles. The van der Waals surface area contributed by atoms with E-state index in [0.29, 0.717) is 0 Å². The van der Waals surface area contributed by atoms with E-state index in [1.807, 2.05) is 0 Å². The highest BCUT2D eigenvalue weighted by molar-refractivity contribution is 6.00. The monoisotopic (exact) mass is 560 g/mol. The Balaban J connectivity index is 3.42. The topological polar surface area (TPSA) is 52.6 Å². The molecule has 1 aliphatic rings. The van der Waals surface area contributed by atoms with Gasteiger partial charge in [-0.25, -0.2) is 0 Å². The Kier molecular flexibility index (Phi) is 8.66. The van der Waals surface area contributed by atoms with Gasteiger partial charge in [0.05, 0.1) is 13.2 Å². The lowest BCUT2D eigenvalue weighted by Gasteiger charge is -2.40. The fourth-order valence-electron chi connectivity index (χ4n) is 3.94. The van der Waals surface area contributed by atoms with Gasteiger partial charge in [-0.3, -0.25) is 9.59 Å². The van der Waals surface area contributed by atoms with Crippen molar-refractivity contribution in [2.45, 2.75) is 75.8 Å². The minimum absolute atomic E-state index is 0.345. The van der Waals surface area contributed by atoms with Crippen molar-refractivity contribution < 1.29 is 76.1 Å². The second kappa shape index (κ2) is 9.72. The van der Waals surface area contributed by atoms with Crippen LogP contribution in [0.15, 0.2) is 0 Å². The van der Waals surface area contributed by atoms with Crippen molar-refractivity contribution in [3.8, 4) is 0 Å². The number of hydrogen-bond donors (Lipinski definition) is 0. The molecule has 0 aromatic carbocycles. The van der Waals surface area contributed by atoms with Crippen molar-refractivity contribution in [2.75, 3.05) is 13.2 Å². The number of hydrogen-bond acceptors (Lipinski definition) is 4. The number of rotatable bonds is 10. The molecule has 1 saturated carbocycles. The number of carbonyl (C=O) groups excluding carboxylic acids is 2. The Morgan fingerprint density at radius 1 is 0.694 bits per heavy atom. The molecule has 0 aromatic heterocycles. The Morgan fingerprint density at radius 3 is 1.44 bits per heavy atom. The normalized spacial score (nSPS) is 21.9. The Labute approximate surface area is 195 Å². The molecule has 0 heterocycles. The highest BCUT2D eigenvalue weighted by Gasteiger charge is 2.90. The third-order valence-corrected chi connectivity index (χ3v) is 5.94. The molecule has 36 heavy (non-hydrogen) atoms. The lowest BCUT2D eigenvalue weighted by Crippen LogP contribution is -2.70.